The van der Waals surface area contributed by atoms with E-state index in [9.17, 15) is 0 Å². The van der Waals surface area contributed by atoms with Crippen molar-refractivity contribution in [1.29, 1.82) is 5.26 Å². The summed E-state index contributed by atoms with van der Waals surface area (Å²) in [5.41, 5.74) is 0. The zero-order valence-electron chi connectivity index (χ0n) is 12.7. The Labute approximate surface area is 122 Å². The van der Waals surface area contributed by atoms with Gasteiger partial charge in [-0.2, -0.15) is 5.26 Å². The molecule has 0 aromatic rings. The fourth-order valence-electron chi connectivity index (χ4n) is 2.21. The van der Waals surface area contributed by atoms with Crippen LogP contribution in [0.2, 0.25) is 0 Å². The molecule has 0 aliphatic carbocycles. The van der Waals surface area contributed by atoms with E-state index in [2.05, 4.69) is 17.9 Å². The summed E-state index contributed by atoms with van der Waals surface area (Å²) < 4.78 is 16.3. The van der Waals surface area contributed by atoms with Gasteiger partial charge in [-0.15, -0.1) is 0 Å². The Morgan fingerprint density at radius 2 is 1.70 bits per heavy atom. The normalized spacial score (nSPS) is 19.3. The minimum atomic E-state index is 0.0927. The molecule has 1 atom stereocenters. The van der Waals surface area contributed by atoms with Crippen LogP contribution in [0.5, 0.6) is 0 Å². The quantitative estimate of drug-likeness (QED) is 0.512. The van der Waals surface area contributed by atoms with Crippen molar-refractivity contribution in [2.24, 2.45) is 0 Å². The predicted octanol–water partition coefficient (Wildman–Crippen LogP) is 1.82. The monoisotopic (exact) mass is 284 g/mol. The molecule has 0 spiro atoms. The van der Waals surface area contributed by atoms with E-state index < -0.39 is 0 Å². The lowest BCUT2D eigenvalue weighted by Gasteiger charge is -2.18. The van der Waals surface area contributed by atoms with Gasteiger partial charge in [0.05, 0.1) is 45.1 Å². The third-order valence-corrected chi connectivity index (χ3v) is 3.42. The van der Waals surface area contributed by atoms with Gasteiger partial charge in [-0.1, -0.05) is 13.3 Å². The molecule has 0 saturated carbocycles. The first kappa shape index (κ1) is 17.4. The largest absolute Gasteiger partial charge is 0.379 e. The standard InChI is InChI=1S/C15H28N2O3/c1-2-3-8-18-10-12-20-13-11-19-9-7-17-6-4-5-15(17)14-16/h15H,2-13H2,1H3. The topological polar surface area (TPSA) is 54.7 Å². The van der Waals surface area contributed by atoms with Crippen molar-refractivity contribution in [3.05, 3.63) is 0 Å². The number of hydrogen-bond donors (Lipinski definition) is 0. The Kier molecular flexibility index (Phi) is 10.5. The second-order valence-electron chi connectivity index (χ2n) is 5.01. The molecule has 1 aliphatic heterocycles. The van der Waals surface area contributed by atoms with Crippen LogP contribution in [0.4, 0.5) is 0 Å². The van der Waals surface area contributed by atoms with Gasteiger partial charge in [-0.05, 0) is 25.8 Å². The van der Waals surface area contributed by atoms with E-state index in [4.69, 9.17) is 19.5 Å². The Morgan fingerprint density at radius 3 is 2.35 bits per heavy atom. The molecule has 20 heavy (non-hydrogen) atoms. The van der Waals surface area contributed by atoms with Crippen LogP contribution >= 0.6 is 0 Å². The summed E-state index contributed by atoms with van der Waals surface area (Å²) in [5.74, 6) is 0. The molecule has 0 bridgehead atoms. The van der Waals surface area contributed by atoms with Crippen LogP contribution in [0.25, 0.3) is 0 Å². The Balaban J connectivity index is 1.80. The molecular weight excluding hydrogens is 256 g/mol. The maximum absolute atomic E-state index is 8.95. The highest BCUT2D eigenvalue weighted by Gasteiger charge is 2.23. The Bertz CT molecular complexity index is 268. The van der Waals surface area contributed by atoms with Crippen molar-refractivity contribution in [3.8, 4) is 6.07 Å². The molecular formula is C15H28N2O3. The fraction of sp³-hybridized carbons (Fsp3) is 0.933. The van der Waals surface area contributed by atoms with E-state index in [0.29, 0.717) is 33.0 Å². The second kappa shape index (κ2) is 12.1. The predicted molar refractivity (Wildman–Crippen MR) is 77.6 cm³/mol. The van der Waals surface area contributed by atoms with Crippen molar-refractivity contribution in [3.63, 3.8) is 0 Å². The van der Waals surface area contributed by atoms with Crippen LogP contribution in [-0.2, 0) is 14.2 Å². The summed E-state index contributed by atoms with van der Waals surface area (Å²) in [6, 6.07) is 2.43. The van der Waals surface area contributed by atoms with Crippen LogP contribution in [0.3, 0.4) is 0 Å². The maximum Gasteiger partial charge on any atom is 0.0979 e. The van der Waals surface area contributed by atoms with Crippen LogP contribution in [-0.4, -0.2) is 63.7 Å². The van der Waals surface area contributed by atoms with Crippen LogP contribution in [0.1, 0.15) is 32.6 Å². The van der Waals surface area contributed by atoms with E-state index in [1.807, 2.05) is 0 Å². The first-order valence-electron chi connectivity index (χ1n) is 7.75. The van der Waals surface area contributed by atoms with Gasteiger partial charge >= 0.3 is 0 Å². The first-order chi connectivity index (χ1) is 9.88. The molecule has 0 aromatic heterocycles. The number of nitrogens with zero attached hydrogens (tertiary/aromatic N) is 2. The van der Waals surface area contributed by atoms with E-state index in [1.165, 1.54) is 6.42 Å². The summed E-state index contributed by atoms with van der Waals surface area (Å²) >= 11 is 0. The van der Waals surface area contributed by atoms with Gasteiger partial charge in [-0.25, -0.2) is 0 Å². The summed E-state index contributed by atoms with van der Waals surface area (Å²) in [7, 11) is 0. The zero-order chi connectivity index (χ0) is 14.5. The summed E-state index contributed by atoms with van der Waals surface area (Å²) in [6.45, 7) is 8.04. The minimum absolute atomic E-state index is 0.0927. The molecule has 0 radical (unpaired) electrons. The SMILES string of the molecule is CCCCOCCOCCOCCN1CCCC1C#N. The van der Waals surface area contributed by atoms with E-state index >= 15 is 0 Å². The van der Waals surface area contributed by atoms with Gasteiger partial charge in [0.15, 0.2) is 0 Å². The fourth-order valence-corrected chi connectivity index (χ4v) is 2.21. The molecule has 1 aliphatic rings. The molecule has 1 rings (SSSR count). The molecule has 1 heterocycles. The zero-order valence-corrected chi connectivity index (χ0v) is 12.7. The molecule has 1 unspecified atom stereocenters. The number of likely N-dealkylation sites (tertiary alicyclic amines) is 1. The van der Waals surface area contributed by atoms with Gasteiger partial charge in [0.2, 0.25) is 0 Å². The van der Waals surface area contributed by atoms with Crippen molar-refractivity contribution in [1.82, 2.24) is 4.90 Å². The van der Waals surface area contributed by atoms with Crippen molar-refractivity contribution >= 4 is 0 Å². The van der Waals surface area contributed by atoms with Crippen LogP contribution in [0.15, 0.2) is 0 Å². The Hall–Kier alpha value is -0.670. The van der Waals surface area contributed by atoms with Gasteiger partial charge < -0.3 is 14.2 Å². The summed E-state index contributed by atoms with van der Waals surface area (Å²) in [4.78, 5) is 2.20. The van der Waals surface area contributed by atoms with Gasteiger partial charge in [0.25, 0.3) is 0 Å². The molecule has 5 nitrogen and oxygen atoms in total. The molecule has 0 N–H and O–H groups in total. The molecule has 1 saturated heterocycles. The molecule has 1 fully saturated rings. The second-order valence-corrected chi connectivity index (χ2v) is 5.01. The van der Waals surface area contributed by atoms with Gasteiger partial charge in [-0.3, -0.25) is 4.90 Å². The number of rotatable bonds is 12. The Morgan fingerprint density at radius 1 is 1.05 bits per heavy atom. The number of nitriles is 1. The number of ether oxygens (including phenoxy) is 3. The summed E-state index contributed by atoms with van der Waals surface area (Å²) in [6.07, 6.45) is 4.40. The first-order valence-corrected chi connectivity index (χ1v) is 7.75. The molecule has 0 amide bonds. The lowest BCUT2D eigenvalue weighted by atomic mass is 10.2. The van der Waals surface area contributed by atoms with Crippen molar-refractivity contribution in [2.75, 3.05) is 52.7 Å². The third-order valence-electron chi connectivity index (χ3n) is 3.42. The highest BCUT2D eigenvalue weighted by atomic mass is 16.5. The number of hydrogen-bond acceptors (Lipinski definition) is 5. The molecule has 5 heteroatoms. The lowest BCUT2D eigenvalue weighted by Crippen LogP contribution is -2.31. The highest BCUT2D eigenvalue weighted by Crippen LogP contribution is 2.15. The smallest absolute Gasteiger partial charge is 0.0979 e. The van der Waals surface area contributed by atoms with Gasteiger partial charge in [0, 0.05) is 13.2 Å². The minimum Gasteiger partial charge on any atom is -0.379 e. The average molecular weight is 284 g/mol. The maximum atomic E-state index is 8.95. The molecule has 0 aromatic carbocycles. The molecule has 116 valence electrons. The average Bonchev–Trinajstić information content (AvgIpc) is 2.92. The lowest BCUT2D eigenvalue weighted by molar-refractivity contribution is 0.0103. The summed E-state index contributed by atoms with van der Waals surface area (Å²) in [5, 5.41) is 8.95. The van der Waals surface area contributed by atoms with E-state index in [1.54, 1.807) is 0 Å². The van der Waals surface area contributed by atoms with Crippen molar-refractivity contribution in [2.45, 2.75) is 38.6 Å². The van der Waals surface area contributed by atoms with Gasteiger partial charge in [0.1, 0.15) is 0 Å². The van der Waals surface area contributed by atoms with Crippen LogP contribution in [0, 0.1) is 11.3 Å². The van der Waals surface area contributed by atoms with E-state index in [0.717, 1.165) is 39.0 Å². The highest BCUT2D eigenvalue weighted by molar-refractivity contribution is 4.95. The van der Waals surface area contributed by atoms with Crippen molar-refractivity contribution < 1.29 is 14.2 Å². The van der Waals surface area contributed by atoms with E-state index in [-0.39, 0.29) is 6.04 Å². The number of unbranched alkanes of at least 4 members (excludes halogenated alkanes) is 1. The van der Waals surface area contributed by atoms with Crippen LogP contribution < -0.4 is 0 Å². The third kappa shape index (κ3) is 7.81.